The molecule has 0 atom stereocenters. The highest BCUT2D eigenvalue weighted by Crippen LogP contribution is 2.40. The molecular weight excluding hydrogens is 423 g/mol. The van der Waals surface area contributed by atoms with Crippen molar-refractivity contribution in [3.05, 3.63) is 51.3 Å². The fourth-order valence-corrected chi connectivity index (χ4v) is 3.06. The number of carbonyl (C=O) groups is 2. The molecular formula is C20H16F3NO7. The fraction of sp³-hybridized carbons (Fsp3) is 0.250. The number of primary amides is 1. The lowest BCUT2D eigenvalue weighted by Gasteiger charge is -2.14. The van der Waals surface area contributed by atoms with Crippen molar-refractivity contribution in [2.45, 2.75) is 20.0 Å². The number of esters is 1. The molecule has 0 aliphatic rings. The van der Waals surface area contributed by atoms with E-state index in [0.717, 1.165) is 13.2 Å². The number of aryl methyl sites for hydroxylation is 2. The van der Waals surface area contributed by atoms with E-state index in [1.165, 1.54) is 26.0 Å². The third-order valence-corrected chi connectivity index (χ3v) is 4.46. The van der Waals surface area contributed by atoms with Gasteiger partial charge in [-0.1, -0.05) is 0 Å². The number of ether oxygens (including phenoxy) is 2. The fourth-order valence-electron chi connectivity index (χ4n) is 3.06. The summed E-state index contributed by atoms with van der Waals surface area (Å²) in [6, 6.07) is 3.52. The van der Waals surface area contributed by atoms with E-state index in [-0.39, 0.29) is 39.4 Å². The summed E-state index contributed by atoms with van der Waals surface area (Å²) in [6.07, 6.45) is -5.05. The number of hydrogen-bond acceptors (Lipinski definition) is 7. The zero-order valence-corrected chi connectivity index (χ0v) is 16.5. The third-order valence-electron chi connectivity index (χ3n) is 4.46. The zero-order valence-electron chi connectivity index (χ0n) is 16.5. The van der Waals surface area contributed by atoms with Crippen LogP contribution in [0.4, 0.5) is 13.2 Å². The largest absolute Gasteiger partial charge is 0.483 e. The number of rotatable bonds is 5. The van der Waals surface area contributed by atoms with Crippen molar-refractivity contribution in [2.24, 2.45) is 5.73 Å². The average Bonchev–Trinajstić information content (AvgIpc) is 3.07. The molecule has 0 aliphatic heterocycles. The van der Waals surface area contributed by atoms with Gasteiger partial charge in [-0.3, -0.25) is 9.59 Å². The summed E-state index contributed by atoms with van der Waals surface area (Å²) in [5, 5.41) is -0.160. The molecule has 0 fully saturated rings. The normalized spacial score (nSPS) is 11.5. The number of halogens is 3. The Kier molecular flexibility index (Phi) is 5.53. The topological polar surface area (TPSA) is 122 Å². The number of carbonyl (C=O) groups excluding carboxylic acids is 2. The van der Waals surface area contributed by atoms with Crippen LogP contribution in [-0.4, -0.2) is 25.6 Å². The first kappa shape index (κ1) is 21.9. The second kappa shape index (κ2) is 7.82. The summed E-state index contributed by atoms with van der Waals surface area (Å²) in [5.74, 6) is -3.71. The lowest BCUT2D eigenvalue weighted by Crippen LogP contribution is -2.20. The summed E-state index contributed by atoms with van der Waals surface area (Å²) in [7, 11) is 1.08. The van der Waals surface area contributed by atoms with E-state index < -0.39 is 41.4 Å². The van der Waals surface area contributed by atoms with E-state index in [0.29, 0.717) is 0 Å². The SMILES string of the molecule is COC(=O)c1cc(-c2c(C(F)(F)F)oc3c(C)c(OCC(N)=O)ccc3c2=O)c(C)o1. The van der Waals surface area contributed by atoms with Crippen LogP contribution in [0.1, 0.15) is 27.6 Å². The Morgan fingerprint density at radius 3 is 2.42 bits per heavy atom. The summed E-state index contributed by atoms with van der Waals surface area (Å²) >= 11 is 0. The van der Waals surface area contributed by atoms with Crippen LogP contribution in [0.5, 0.6) is 5.75 Å². The molecule has 0 radical (unpaired) electrons. The standard InChI is InChI=1S/C20H16F3NO7/c1-8-12(29-7-14(24)25)5-4-10-16(26)15(18(20(21,22)23)31-17(8)10)11-6-13(19(27)28-3)30-9(11)2/h4-6H,7H2,1-3H3,(H2,24,25). The van der Waals surface area contributed by atoms with Crippen molar-refractivity contribution in [1.29, 1.82) is 0 Å². The highest BCUT2D eigenvalue weighted by molar-refractivity contribution is 5.91. The van der Waals surface area contributed by atoms with Crippen LogP contribution in [-0.2, 0) is 15.7 Å². The van der Waals surface area contributed by atoms with Crippen molar-refractivity contribution in [1.82, 2.24) is 0 Å². The molecule has 0 bridgehead atoms. The van der Waals surface area contributed by atoms with Crippen LogP contribution >= 0.6 is 0 Å². The maximum Gasteiger partial charge on any atom is 0.450 e. The monoisotopic (exact) mass is 439 g/mol. The summed E-state index contributed by atoms with van der Waals surface area (Å²) in [6.45, 7) is 2.17. The minimum Gasteiger partial charge on any atom is -0.483 e. The van der Waals surface area contributed by atoms with Crippen molar-refractivity contribution in [3.63, 3.8) is 0 Å². The van der Waals surface area contributed by atoms with E-state index in [4.69, 9.17) is 19.3 Å². The molecule has 11 heteroatoms. The van der Waals surface area contributed by atoms with Gasteiger partial charge in [0.2, 0.25) is 16.9 Å². The Bertz CT molecular complexity index is 1250. The maximum atomic E-state index is 13.8. The van der Waals surface area contributed by atoms with Crippen LogP contribution in [0.3, 0.4) is 0 Å². The van der Waals surface area contributed by atoms with Crippen LogP contribution < -0.4 is 15.9 Å². The Labute approximate surface area is 172 Å². The molecule has 2 aromatic heterocycles. The van der Waals surface area contributed by atoms with E-state index in [2.05, 4.69) is 4.74 Å². The Hall–Kier alpha value is -3.76. The van der Waals surface area contributed by atoms with Crippen LogP contribution in [0, 0.1) is 13.8 Å². The Balaban J connectivity index is 2.33. The van der Waals surface area contributed by atoms with Gasteiger partial charge in [0.1, 0.15) is 17.1 Å². The quantitative estimate of drug-likeness (QED) is 0.605. The van der Waals surface area contributed by atoms with Gasteiger partial charge in [-0.15, -0.1) is 0 Å². The van der Waals surface area contributed by atoms with Gasteiger partial charge in [-0.25, -0.2) is 4.79 Å². The molecule has 2 heterocycles. The molecule has 164 valence electrons. The number of nitrogens with two attached hydrogens (primary N) is 1. The number of amides is 1. The molecule has 0 aliphatic carbocycles. The first-order chi connectivity index (χ1) is 14.5. The van der Waals surface area contributed by atoms with Gasteiger partial charge in [-0.05, 0) is 32.0 Å². The number of furan rings is 1. The number of fused-ring (bicyclic) bond motifs is 1. The lowest BCUT2D eigenvalue weighted by molar-refractivity contribution is -0.152. The van der Waals surface area contributed by atoms with E-state index in [1.54, 1.807) is 0 Å². The number of benzene rings is 1. The molecule has 3 rings (SSSR count). The predicted molar refractivity (Wildman–Crippen MR) is 101 cm³/mol. The first-order valence-corrected chi connectivity index (χ1v) is 8.73. The molecule has 3 aromatic rings. The van der Waals surface area contributed by atoms with Crippen LogP contribution in [0.15, 0.2) is 31.8 Å². The van der Waals surface area contributed by atoms with Crippen molar-refractivity contribution >= 4 is 22.8 Å². The molecule has 0 saturated carbocycles. The van der Waals surface area contributed by atoms with Crippen LogP contribution in [0.2, 0.25) is 0 Å². The Morgan fingerprint density at radius 2 is 1.84 bits per heavy atom. The zero-order chi connectivity index (χ0) is 23.1. The highest BCUT2D eigenvalue weighted by atomic mass is 19.4. The predicted octanol–water partition coefficient (Wildman–Crippen LogP) is 3.34. The summed E-state index contributed by atoms with van der Waals surface area (Å²) < 4.78 is 61.5. The van der Waals surface area contributed by atoms with Gasteiger partial charge in [0.25, 0.3) is 5.91 Å². The molecule has 31 heavy (non-hydrogen) atoms. The Morgan fingerprint density at radius 1 is 1.16 bits per heavy atom. The molecule has 0 unspecified atom stereocenters. The summed E-state index contributed by atoms with van der Waals surface area (Å²) in [5.41, 5.74) is 2.68. The molecule has 2 N–H and O–H groups in total. The first-order valence-electron chi connectivity index (χ1n) is 8.73. The van der Waals surface area contributed by atoms with Gasteiger partial charge in [0, 0.05) is 11.1 Å². The molecule has 0 saturated heterocycles. The molecule has 1 amide bonds. The smallest absolute Gasteiger partial charge is 0.450 e. The minimum atomic E-state index is -5.05. The van der Waals surface area contributed by atoms with Gasteiger partial charge < -0.3 is 24.0 Å². The molecule has 0 spiro atoms. The van der Waals surface area contributed by atoms with Gasteiger partial charge >= 0.3 is 12.1 Å². The van der Waals surface area contributed by atoms with Crippen LogP contribution in [0.25, 0.3) is 22.1 Å². The van der Waals surface area contributed by atoms with E-state index in [1.807, 2.05) is 0 Å². The van der Waals surface area contributed by atoms with Gasteiger partial charge in [0.05, 0.1) is 18.1 Å². The maximum absolute atomic E-state index is 13.8. The highest BCUT2D eigenvalue weighted by Gasteiger charge is 2.40. The van der Waals surface area contributed by atoms with Crippen molar-refractivity contribution < 1.29 is 41.1 Å². The van der Waals surface area contributed by atoms with E-state index >= 15 is 0 Å². The molecule has 1 aromatic carbocycles. The van der Waals surface area contributed by atoms with Gasteiger partial charge in [-0.2, -0.15) is 13.2 Å². The summed E-state index contributed by atoms with van der Waals surface area (Å²) in [4.78, 5) is 35.7. The molecule has 8 nitrogen and oxygen atoms in total. The van der Waals surface area contributed by atoms with E-state index in [9.17, 15) is 27.6 Å². The minimum absolute atomic E-state index is 0.0304. The number of hydrogen-bond donors (Lipinski definition) is 1. The second-order valence-corrected chi connectivity index (χ2v) is 6.53. The average molecular weight is 439 g/mol. The van der Waals surface area contributed by atoms with Gasteiger partial charge in [0.15, 0.2) is 6.61 Å². The lowest BCUT2D eigenvalue weighted by atomic mass is 10.0. The number of methoxy groups -OCH3 is 1. The second-order valence-electron chi connectivity index (χ2n) is 6.53. The van der Waals surface area contributed by atoms with Crippen molar-refractivity contribution in [3.8, 4) is 16.9 Å². The number of alkyl halides is 3. The third kappa shape index (κ3) is 3.98. The van der Waals surface area contributed by atoms with Crippen molar-refractivity contribution in [2.75, 3.05) is 13.7 Å².